The van der Waals surface area contributed by atoms with Crippen LogP contribution >= 0.6 is 0 Å². The Kier molecular flexibility index (Phi) is 5.58. The number of rotatable bonds is 3. The van der Waals surface area contributed by atoms with E-state index in [2.05, 4.69) is 151 Å². The molecule has 9 rings (SSSR count). The zero-order chi connectivity index (χ0) is 30.1. The van der Waals surface area contributed by atoms with Crippen LogP contribution in [0.4, 0.5) is 0 Å². The SMILES string of the molecule is CC1(C)c2ccccc2-c2cc(-c3c4ccccc4c(-c4cncnc4)c4ccc(-c5cccc6ccccc56)cc34)ccc21. The Bertz CT molecular complexity index is 2450. The second-order valence-corrected chi connectivity index (χ2v) is 12.6. The third-order valence-electron chi connectivity index (χ3n) is 9.85. The molecule has 2 nitrogen and oxygen atoms in total. The molecule has 0 radical (unpaired) electrons. The number of nitrogens with zero attached hydrogens (tertiary/aromatic N) is 2. The molecular formula is C43H30N2. The molecule has 45 heavy (non-hydrogen) atoms. The van der Waals surface area contributed by atoms with E-state index in [9.17, 15) is 0 Å². The van der Waals surface area contributed by atoms with E-state index in [0.717, 1.165) is 5.56 Å². The first-order valence-electron chi connectivity index (χ1n) is 15.6. The lowest BCUT2D eigenvalue weighted by Crippen LogP contribution is -2.14. The van der Waals surface area contributed by atoms with Crippen LogP contribution in [0, 0.1) is 0 Å². The molecule has 0 amide bonds. The zero-order valence-electron chi connectivity index (χ0n) is 25.3. The topological polar surface area (TPSA) is 25.8 Å². The Hall–Kier alpha value is -5.60. The second-order valence-electron chi connectivity index (χ2n) is 12.6. The minimum Gasteiger partial charge on any atom is -0.244 e. The van der Waals surface area contributed by atoms with Gasteiger partial charge in [0.1, 0.15) is 6.33 Å². The first-order chi connectivity index (χ1) is 22.1. The molecule has 0 unspecified atom stereocenters. The van der Waals surface area contributed by atoms with Gasteiger partial charge in [0.15, 0.2) is 0 Å². The van der Waals surface area contributed by atoms with E-state index >= 15 is 0 Å². The van der Waals surface area contributed by atoms with Crippen molar-refractivity contribution in [2.45, 2.75) is 19.3 Å². The Morgan fingerprint density at radius 2 is 1.02 bits per heavy atom. The summed E-state index contributed by atoms with van der Waals surface area (Å²) >= 11 is 0. The van der Waals surface area contributed by atoms with Gasteiger partial charge < -0.3 is 0 Å². The van der Waals surface area contributed by atoms with Crippen molar-refractivity contribution in [1.82, 2.24) is 9.97 Å². The molecule has 1 aliphatic rings. The molecule has 0 N–H and O–H groups in total. The summed E-state index contributed by atoms with van der Waals surface area (Å²) in [6.45, 7) is 4.69. The number of aromatic nitrogens is 2. The van der Waals surface area contributed by atoms with E-state index in [1.165, 1.54) is 82.4 Å². The van der Waals surface area contributed by atoms with E-state index in [1.54, 1.807) is 6.33 Å². The molecule has 8 aromatic rings. The van der Waals surface area contributed by atoms with Crippen LogP contribution in [-0.4, -0.2) is 9.97 Å². The molecule has 1 aliphatic carbocycles. The summed E-state index contributed by atoms with van der Waals surface area (Å²) in [5.74, 6) is 0. The largest absolute Gasteiger partial charge is 0.244 e. The van der Waals surface area contributed by atoms with Crippen LogP contribution in [-0.2, 0) is 5.41 Å². The van der Waals surface area contributed by atoms with Crippen LogP contribution in [0.15, 0.2) is 146 Å². The van der Waals surface area contributed by atoms with E-state index in [1.807, 2.05) is 12.4 Å². The quantitative estimate of drug-likeness (QED) is 0.196. The highest BCUT2D eigenvalue weighted by Crippen LogP contribution is 2.51. The molecule has 0 aliphatic heterocycles. The molecule has 0 atom stereocenters. The van der Waals surface area contributed by atoms with Gasteiger partial charge in [-0.05, 0) is 89.0 Å². The predicted octanol–water partition coefficient (Wildman–Crippen LogP) is 11.2. The van der Waals surface area contributed by atoms with Crippen LogP contribution < -0.4 is 0 Å². The van der Waals surface area contributed by atoms with Crippen LogP contribution in [0.5, 0.6) is 0 Å². The van der Waals surface area contributed by atoms with Gasteiger partial charge in [0.05, 0.1) is 0 Å². The molecule has 0 spiro atoms. The molecule has 0 saturated heterocycles. The average Bonchev–Trinajstić information content (AvgIpc) is 3.32. The number of fused-ring (bicyclic) bond motifs is 6. The monoisotopic (exact) mass is 574 g/mol. The van der Waals surface area contributed by atoms with Gasteiger partial charge in [-0.1, -0.05) is 129 Å². The van der Waals surface area contributed by atoms with Gasteiger partial charge in [-0.3, -0.25) is 0 Å². The lowest BCUT2D eigenvalue weighted by Gasteiger charge is -2.22. The van der Waals surface area contributed by atoms with Gasteiger partial charge in [0.2, 0.25) is 0 Å². The Morgan fingerprint density at radius 1 is 0.422 bits per heavy atom. The second kappa shape index (κ2) is 9.70. The maximum absolute atomic E-state index is 4.42. The van der Waals surface area contributed by atoms with Gasteiger partial charge in [0.25, 0.3) is 0 Å². The van der Waals surface area contributed by atoms with Gasteiger partial charge in [0, 0.05) is 28.9 Å². The summed E-state index contributed by atoms with van der Waals surface area (Å²) < 4.78 is 0. The van der Waals surface area contributed by atoms with Crippen molar-refractivity contribution in [3.05, 3.63) is 157 Å². The Morgan fingerprint density at radius 3 is 1.84 bits per heavy atom. The van der Waals surface area contributed by atoms with Gasteiger partial charge >= 0.3 is 0 Å². The molecule has 2 heteroatoms. The molecule has 1 heterocycles. The van der Waals surface area contributed by atoms with Crippen molar-refractivity contribution in [3.8, 4) is 44.5 Å². The summed E-state index contributed by atoms with van der Waals surface area (Å²) in [4.78, 5) is 8.84. The van der Waals surface area contributed by atoms with E-state index < -0.39 is 0 Å². The third kappa shape index (κ3) is 3.82. The molecule has 7 aromatic carbocycles. The smallest absolute Gasteiger partial charge is 0.115 e. The molecular weight excluding hydrogens is 544 g/mol. The molecule has 212 valence electrons. The van der Waals surface area contributed by atoms with E-state index in [4.69, 9.17) is 0 Å². The minimum atomic E-state index is -0.0344. The third-order valence-corrected chi connectivity index (χ3v) is 9.85. The van der Waals surface area contributed by atoms with Crippen molar-refractivity contribution in [2.24, 2.45) is 0 Å². The Balaban J connectivity index is 1.40. The number of hydrogen-bond donors (Lipinski definition) is 0. The van der Waals surface area contributed by atoms with Gasteiger partial charge in [-0.2, -0.15) is 0 Å². The van der Waals surface area contributed by atoms with E-state index in [0.29, 0.717) is 0 Å². The van der Waals surface area contributed by atoms with Gasteiger partial charge in [-0.25, -0.2) is 9.97 Å². The van der Waals surface area contributed by atoms with Crippen LogP contribution in [0.2, 0.25) is 0 Å². The molecule has 0 saturated carbocycles. The summed E-state index contributed by atoms with van der Waals surface area (Å²) in [6, 6.07) is 47.0. The lowest BCUT2D eigenvalue weighted by molar-refractivity contribution is 0.660. The van der Waals surface area contributed by atoms with Crippen molar-refractivity contribution in [3.63, 3.8) is 0 Å². The Labute approximate surface area is 262 Å². The maximum atomic E-state index is 4.42. The first-order valence-corrected chi connectivity index (χ1v) is 15.6. The molecule has 0 bridgehead atoms. The highest BCUT2D eigenvalue weighted by atomic mass is 14.8. The highest BCUT2D eigenvalue weighted by molar-refractivity contribution is 6.22. The zero-order valence-corrected chi connectivity index (χ0v) is 25.3. The summed E-state index contributed by atoms with van der Waals surface area (Å²) in [5, 5.41) is 7.36. The average molecular weight is 575 g/mol. The molecule has 1 aromatic heterocycles. The lowest BCUT2D eigenvalue weighted by atomic mass is 9.81. The first kappa shape index (κ1) is 25.9. The van der Waals surface area contributed by atoms with Crippen molar-refractivity contribution in [2.75, 3.05) is 0 Å². The number of benzene rings is 7. The van der Waals surface area contributed by atoms with E-state index in [-0.39, 0.29) is 5.41 Å². The van der Waals surface area contributed by atoms with Crippen molar-refractivity contribution < 1.29 is 0 Å². The van der Waals surface area contributed by atoms with Gasteiger partial charge in [-0.15, -0.1) is 0 Å². The standard InChI is InChI=1S/C43H30N2/c1-43(2)39-17-8-7-13-33(39)37-23-29(19-21-40(37)43)41-34-14-5-6-15-35(34)42(30-24-44-26-45-25-30)36-20-18-28(22-38(36)41)32-16-9-11-27-10-3-4-12-31(27)32/h3-26H,1-2H3. The fourth-order valence-electron chi connectivity index (χ4n) is 7.75. The summed E-state index contributed by atoms with van der Waals surface area (Å²) in [7, 11) is 0. The predicted molar refractivity (Wildman–Crippen MR) is 188 cm³/mol. The van der Waals surface area contributed by atoms with Crippen LogP contribution in [0.1, 0.15) is 25.0 Å². The van der Waals surface area contributed by atoms with Crippen molar-refractivity contribution in [1.29, 1.82) is 0 Å². The van der Waals surface area contributed by atoms with Crippen LogP contribution in [0.25, 0.3) is 76.8 Å². The fourth-order valence-corrected chi connectivity index (χ4v) is 7.75. The maximum Gasteiger partial charge on any atom is 0.115 e. The molecule has 0 fully saturated rings. The van der Waals surface area contributed by atoms with Crippen LogP contribution in [0.3, 0.4) is 0 Å². The highest BCUT2D eigenvalue weighted by Gasteiger charge is 2.35. The minimum absolute atomic E-state index is 0.0344. The summed E-state index contributed by atoms with van der Waals surface area (Å²) in [5.41, 5.74) is 12.5. The number of hydrogen-bond acceptors (Lipinski definition) is 2. The summed E-state index contributed by atoms with van der Waals surface area (Å²) in [6.07, 6.45) is 5.46. The fraction of sp³-hybridized carbons (Fsp3) is 0.0698. The normalized spacial score (nSPS) is 13.3. The van der Waals surface area contributed by atoms with Crippen molar-refractivity contribution >= 4 is 32.3 Å².